The normalized spacial score (nSPS) is 13.8. The van der Waals surface area contributed by atoms with Crippen LogP contribution in [-0.2, 0) is 9.59 Å². The van der Waals surface area contributed by atoms with Gasteiger partial charge in [0.05, 0.1) is 11.6 Å². The molecule has 2 aromatic rings. The Morgan fingerprint density at radius 3 is 2.43 bits per heavy atom. The molecule has 1 saturated heterocycles. The van der Waals surface area contributed by atoms with E-state index in [0.717, 1.165) is 13.1 Å². The van der Waals surface area contributed by atoms with E-state index >= 15 is 0 Å². The van der Waals surface area contributed by atoms with E-state index in [1.54, 1.807) is 29.2 Å². The number of amides is 2. The van der Waals surface area contributed by atoms with Crippen molar-refractivity contribution in [3.05, 3.63) is 59.7 Å². The number of carbonyl (C=O) groups excluding carboxylic acids is 2. The lowest BCUT2D eigenvalue weighted by Crippen LogP contribution is -2.51. The Morgan fingerprint density at radius 2 is 1.79 bits per heavy atom. The lowest BCUT2D eigenvalue weighted by molar-refractivity contribution is -0.131. The molecule has 0 radical (unpaired) electrons. The molecule has 144 valence electrons. The van der Waals surface area contributed by atoms with Gasteiger partial charge in [0, 0.05) is 44.5 Å². The first-order chi connectivity index (χ1) is 13.5. The third kappa shape index (κ3) is 4.49. The first kappa shape index (κ1) is 19.4. The molecule has 1 aliphatic heterocycles. The van der Waals surface area contributed by atoms with Crippen molar-refractivity contribution in [1.82, 2.24) is 4.90 Å². The van der Waals surface area contributed by atoms with Crippen molar-refractivity contribution in [1.29, 1.82) is 5.26 Å². The molecule has 6 nitrogen and oxygen atoms in total. The van der Waals surface area contributed by atoms with Crippen molar-refractivity contribution in [2.75, 3.05) is 42.5 Å². The van der Waals surface area contributed by atoms with E-state index in [4.69, 9.17) is 5.26 Å². The molecule has 1 fully saturated rings. The number of piperazine rings is 1. The van der Waals surface area contributed by atoms with Gasteiger partial charge in [-0.25, -0.2) is 0 Å². The Balaban J connectivity index is 1.64. The molecular weight excluding hydrogens is 352 g/mol. The SMILES string of the molecule is CC(=O)N(CC(=O)N1CCN(c2cccc(C)c2)CC1)c1cccc(C#N)c1. The van der Waals surface area contributed by atoms with Gasteiger partial charge < -0.3 is 14.7 Å². The van der Waals surface area contributed by atoms with Crippen molar-refractivity contribution >= 4 is 23.2 Å². The van der Waals surface area contributed by atoms with Gasteiger partial charge in [0.25, 0.3) is 0 Å². The van der Waals surface area contributed by atoms with Crippen LogP contribution in [0.4, 0.5) is 11.4 Å². The van der Waals surface area contributed by atoms with Crippen LogP contribution in [0.3, 0.4) is 0 Å². The van der Waals surface area contributed by atoms with Crippen molar-refractivity contribution in [3.8, 4) is 6.07 Å². The zero-order chi connectivity index (χ0) is 20.1. The van der Waals surface area contributed by atoms with E-state index in [1.807, 2.05) is 6.07 Å². The van der Waals surface area contributed by atoms with Crippen LogP contribution in [0.15, 0.2) is 48.5 Å². The number of hydrogen-bond acceptors (Lipinski definition) is 4. The van der Waals surface area contributed by atoms with Crippen molar-refractivity contribution in [2.45, 2.75) is 13.8 Å². The van der Waals surface area contributed by atoms with Crippen LogP contribution in [0.1, 0.15) is 18.1 Å². The minimum Gasteiger partial charge on any atom is -0.368 e. The van der Waals surface area contributed by atoms with Gasteiger partial charge in [-0.05, 0) is 42.8 Å². The second-order valence-corrected chi connectivity index (χ2v) is 6.97. The molecule has 2 aromatic carbocycles. The number of hydrogen-bond donors (Lipinski definition) is 0. The quantitative estimate of drug-likeness (QED) is 0.823. The number of carbonyl (C=O) groups is 2. The number of nitriles is 1. The number of rotatable bonds is 4. The fraction of sp³-hybridized carbons (Fsp3) is 0.318. The monoisotopic (exact) mass is 376 g/mol. The van der Waals surface area contributed by atoms with Gasteiger partial charge in [-0.15, -0.1) is 0 Å². The number of benzene rings is 2. The second-order valence-electron chi connectivity index (χ2n) is 6.97. The molecule has 0 atom stereocenters. The minimum atomic E-state index is -0.221. The van der Waals surface area contributed by atoms with Gasteiger partial charge in [0.15, 0.2) is 0 Å². The lowest BCUT2D eigenvalue weighted by atomic mass is 10.2. The topological polar surface area (TPSA) is 67.7 Å². The Morgan fingerprint density at radius 1 is 1.07 bits per heavy atom. The molecule has 0 N–H and O–H groups in total. The highest BCUT2D eigenvalue weighted by atomic mass is 16.2. The molecule has 0 bridgehead atoms. The summed E-state index contributed by atoms with van der Waals surface area (Å²) >= 11 is 0. The molecule has 6 heteroatoms. The number of nitrogens with zero attached hydrogens (tertiary/aromatic N) is 4. The van der Waals surface area contributed by atoms with E-state index in [0.29, 0.717) is 24.3 Å². The maximum atomic E-state index is 12.8. The van der Waals surface area contributed by atoms with E-state index in [-0.39, 0.29) is 18.4 Å². The van der Waals surface area contributed by atoms with Gasteiger partial charge in [-0.3, -0.25) is 9.59 Å². The summed E-state index contributed by atoms with van der Waals surface area (Å²) in [4.78, 5) is 30.4. The summed E-state index contributed by atoms with van der Waals surface area (Å²) in [6.45, 7) is 6.25. The van der Waals surface area contributed by atoms with Gasteiger partial charge in [0.2, 0.25) is 11.8 Å². The van der Waals surface area contributed by atoms with E-state index in [9.17, 15) is 9.59 Å². The highest BCUT2D eigenvalue weighted by Gasteiger charge is 2.24. The van der Waals surface area contributed by atoms with E-state index in [2.05, 4.69) is 36.1 Å². The van der Waals surface area contributed by atoms with Crippen LogP contribution in [-0.4, -0.2) is 49.4 Å². The summed E-state index contributed by atoms with van der Waals surface area (Å²) < 4.78 is 0. The third-order valence-corrected chi connectivity index (χ3v) is 4.96. The summed E-state index contributed by atoms with van der Waals surface area (Å²) in [6, 6.07) is 17.2. The Hall–Kier alpha value is -3.33. The molecule has 0 saturated carbocycles. The van der Waals surface area contributed by atoms with E-state index < -0.39 is 0 Å². The van der Waals surface area contributed by atoms with Crippen LogP contribution in [0.25, 0.3) is 0 Å². The van der Waals surface area contributed by atoms with Crippen molar-refractivity contribution in [2.24, 2.45) is 0 Å². The summed E-state index contributed by atoms with van der Waals surface area (Å²) in [5.41, 5.74) is 3.42. The summed E-state index contributed by atoms with van der Waals surface area (Å²) in [7, 11) is 0. The molecule has 0 aliphatic carbocycles. The molecule has 0 spiro atoms. The highest BCUT2D eigenvalue weighted by molar-refractivity contribution is 5.97. The maximum Gasteiger partial charge on any atom is 0.242 e. The Labute approximate surface area is 165 Å². The van der Waals surface area contributed by atoms with Crippen molar-refractivity contribution < 1.29 is 9.59 Å². The number of anilines is 2. The van der Waals surface area contributed by atoms with Crippen LogP contribution in [0.5, 0.6) is 0 Å². The fourth-order valence-corrected chi connectivity index (χ4v) is 3.40. The molecule has 1 aliphatic rings. The minimum absolute atomic E-state index is 0.0192. The van der Waals surface area contributed by atoms with Gasteiger partial charge in [-0.1, -0.05) is 18.2 Å². The van der Waals surface area contributed by atoms with Crippen LogP contribution >= 0.6 is 0 Å². The lowest BCUT2D eigenvalue weighted by Gasteiger charge is -2.37. The van der Waals surface area contributed by atoms with Crippen molar-refractivity contribution in [3.63, 3.8) is 0 Å². The van der Waals surface area contributed by atoms with Gasteiger partial charge in [0.1, 0.15) is 6.54 Å². The van der Waals surface area contributed by atoms with Crippen LogP contribution in [0, 0.1) is 18.3 Å². The standard InChI is InChI=1S/C22H24N4O2/c1-17-5-3-7-20(13-17)24-9-11-25(12-10-24)22(28)16-26(18(2)27)21-8-4-6-19(14-21)15-23/h3-8,13-14H,9-12,16H2,1-2H3. The average molecular weight is 376 g/mol. The first-order valence-electron chi connectivity index (χ1n) is 9.35. The highest BCUT2D eigenvalue weighted by Crippen LogP contribution is 2.19. The Bertz CT molecular complexity index is 911. The van der Waals surface area contributed by atoms with E-state index in [1.165, 1.54) is 23.1 Å². The summed E-state index contributed by atoms with van der Waals surface area (Å²) in [5.74, 6) is -0.303. The fourth-order valence-electron chi connectivity index (χ4n) is 3.40. The third-order valence-electron chi connectivity index (χ3n) is 4.96. The molecule has 3 rings (SSSR count). The van der Waals surface area contributed by atoms with Gasteiger partial charge >= 0.3 is 0 Å². The predicted molar refractivity (Wildman–Crippen MR) is 109 cm³/mol. The smallest absolute Gasteiger partial charge is 0.242 e. The summed E-state index contributed by atoms with van der Waals surface area (Å²) in [6.07, 6.45) is 0. The molecule has 1 heterocycles. The maximum absolute atomic E-state index is 12.8. The molecule has 0 unspecified atom stereocenters. The molecule has 2 amide bonds. The second kappa shape index (κ2) is 8.57. The Kier molecular flexibility index (Phi) is 5.95. The van der Waals surface area contributed by atoms with Crippen LogP contribution in [0.2, 0.25) is 0 Å². The number of aryl methyl sites for hydroxylation is 1. The largest absolute Gasteiger partial charge is 0.368 e. The predicted octanol–water partition coefficient (Wildman–Crippen LogP) is 2.57. The first-order valence-corrected chi connectivity index (χ1v) is 9.35. The average Bonchev–Trinajstić information content (AvgIpc) is 2.71. The molecule has 0 aromatic heterocycles. The zero-order valence-corrected chi connectivity index (χ0v) is 16.3. The summed E-state index contributed by atoms with van der Waals surface area (Å²) in [5, 5.41) is 9.07. The zero-order valence-electron chi connectivity index (χ0n) is 16.3. The molecular formula is C22H24N4O2. The molecule has 28 heavy (non-hydrogen) atoms. The van der Waals surface area contributed by atoms with Crippen LogP contribution < -0.4 is 9.80 Å². The van der Waals surface area contributed by atoms with Gasteiger partial charge in [-0.2, -0.15) is 5.26 Å².